The summed E-state index contributed by atoms with van der Waals surface area (Å²) in [4.78, 5) is 12.0. The second kappa shape index (κ2) is 5.61. The molecule has 2 atom stereocenters. The Bertz CT molecular complexity index is 476. The summed E-state index contributed by atoms with van der Waals surface area (Å²) >= 11 is 3.56. The van der Waals surface area contributed by atoms with Gasteiger partial charge in [0.15, 0.2) is 14.1 Å². The second-order valence-electron chi connectivity index (χ2n) is 8.39. The van der Waals surface area contributed by atoms with E-state index in [2.05, 4.69) is 56.7 Å². The van der Waals surface area contributed by atoms with Crippen LogP contribution >= 0.6 is 15.9 Å². The topological polar surface area (TPSA) is 26.3 Å². The minimum Gasteiger partial charge on any atom is -0.413 e. The molecule has 0 bridgehead atoms. The number of ketones is 1. The Kier molecular flexibility index (Phi) is 4.65. The van der Waals surface area contributed by atoms with Crippen molar-refractivity contribution in [1.82, 2.24) is 0 Å². The molecule has 2 aliphatic rings. The molecule has 4 heteroatoms. The molecule has 0 heterocycles. The van der Waals surface area contributed by atoms with E-state index >= 15 is 0 Å². The predicted molar refractivity (Wildman–Crippen MR) is 94.2 cm³/mol. The van der Waals surface area contributed by atoms with E-state index < -0.39 is 8.32 Å². The van der Waals surface area contributed by atoms with E-state index in [1.807, 2.05) is 0 Å². The molecule has 1 fully saturated rings. The summed E-state index contributed by atoms with van der Waals surface area (Å²) in [6, 6.07) is 0. The Balaban J connectivity index is 2.32. The van der Waals surface area contributed by atoms with Crippen LogP contribution < -0.4 is 0 Å². The van der Waals surface area contributed by atoms with Crippen molar-refractivity contribution in [2.45, 2.75) is 84.0 Å². The van der Waals surface area contributed by atoms with Gasteiger partial charge in [0.2, 0.25) is 0 Å². The van der Waals surface area contributed by atoms with Gasteiger partial charge in [-0.05, 0) is 65.3 Å². The van der Waals surface area contributed by atoms with E-state index in [0.29, 0.717) is 6.42 Å². The predicted octanol–water partition coefficient (Wildman–Crippen LogP) is 5.58. The third kappa shape index (κ3) is 3.09. The van der Waals surface area contributed by atoms with Gasteiger partial charge in [0.05, 0.1) is 10.6 Å². The normalized spacial score (nSPS) is 31.4. The minimum atomic E-state index is -1.78. The minimum absolute atomic E-state index is 0.0422. The van der Waals surface area contributed by atoms with Gasteiger partial charge in [-0.1, -0.05) is 27.7 Å². The molecule has 0 aromatic rings. The van der Waals surface area contributed by atoms with Gasteiger partial charge in [0.25, 0.3) is 0 Å². The first kappa shape index (κ1) is 17.4. The van der Waals surface area contributed by atoms with Crippen LogP contribution in [0.3, 0.4) is 0 Å². The fraction of sp³-hybridized carbons (Fsp3) is 0.824. The molecule has 0 unspecified atom stereocenters. The third-order valence-electron chi connectivity index (χ3n) is 5.92. The molecule has 0 amide bonds. The van der Waals surface area contributed by atoms with Gasteiger partial charge in [-0.2, -0.15) is 0 Å². The van der Waals surface area contributed by atoms with Crippen LogP contribution in [0.15, 0.2) is 10.1 Å². The van der Waals surface area contributed by atoms with Gasteiger partial charge < -0.3 is 4.43 Å². The number of hydrogen-bond donors (Lipinski definition) is 0. The largest absolute Gasteiger partial charge is 0.413 e. The van der Waals surface area contributed by atoms with Gasteiger partial charge in [-0.15, -0.1) is 0 Å². The third-order valence-corrected chi connectivity index (χ3v) is 11.3. The molecule has 21 heavy (non-hydrogen) atoms. The summed E-state index contributed by atoms with van der Waals surface area (Å²) in [6.07, 6.45) is 5.16. The van der Waals surface area contributed by atoms with Crippen molar-refractivity contribution in [2.75, 3.05) is 0 Å². The van der Waals surface area contributed by atoms with Gasteiger partial charge in [-0.3, -0.25) is 4.79 Å². The number of rotatable bonds is 2. The molecule has 0 aliphatic heterocycles. The second-order valence-corrected chi connectivity index (χ2v) is 13.9. The fourth-order valence-corrected chi connectivity index (χ4v) is 5.60. The highest BCUT2D eigenvalue weighted by Crippen LogP contribution is 2.52. The van der Waals surface area contributed by atoms with Crippen LogP contribution in [0.2, 0.25) is 18.1 Å². The van der Waals surface area contributed by atoms with Crippen molar-refractivity contribution in [1.29, 1.82) is 0 Å². The zero-order valence-electron chi connectivity index (χ0n) is 14.3. The molecule has 2 aliphatic carbocycles. The van der Waals surface area contributed by atoms with Crippen molar-refractivity contribution in [3.63, 3.8) is 0 Å². The van der Waals surface area contributed by atoms with Gasteiger partial charge in [0, 0.05) is 11.8 Å². The van der Waals surface area contributed by atoms with Crippen LogP contribution in [0.1, 0.15) is 59.8 Å². The number of carbonyl (C=O) groups is 1. The molecule has 1 saturated carbocycles. The molecule has 0 aromatic carbocycles. The van der Waals surface area contributed by atoms with Crippen molar-refractivity contribution in [3.8, 4) is 0 Å². The molecule has 0 spiro atoms. The smallest absolute Gasteiger partial charge is 0.192 e. The quantitative estimate of drug-likeness (QED) is 0.591. The van der Waals surface area contributed by atoms with Crippen LogP contribution in [0, 0.1) is 5.41 Å². The average molecular weight is 373 g/mol. The van der Waals surface area contributed by atoms with Crippen molar-refractivity contribution >= 4 is 30.0 Å². The first-order valence-corrected chi connectivity index (χ1v) is 11.8. The average Bonchev–Trinajstić information content (AvgIpc) is 2.35. The molecular weight excluding hydrogens is 344 g/mol. The summed E-state index contributed by atoms with van der Waals surface area (Å²) in [5, 5.41) is 0.229. The van der Waals surface area contributed by atoms with Crippen LogP contribution in [-0.2, 0) is 9.22 Å². The SMILES string of the molecule is CC(C)(C)[Si](C)(C)O[C@H]1CCCC2=C(Br)C(=O)CC[C@@]21C. The number of fused-ring (bicyclic) bond motifs is 1. The summed E-state index contributed by atoms with van der Waals surface area (Å²) in [7, 11) is -1.78. The van der Waals surface area contributed by atoms with E-state index in [1.54, 1.807) is 0 Å². The number of Topliss-reactive ketones (excluding diaryl/α,β-unsaturated/α-hetero) is 1. The zero-order chi connectivity index (χ0) is 16.1. The molecule has 0 radical (unpaired) electrons. The van der Waals surface area contributed by atoms with Gasteiger partial charge in [0.1, 0.15) is 0 Å². The zero-order valence-corrected chi connectivity index (χ0v) is 16.9. The maximum Gasteiger partial charge on any atom is 0.192 e. The molecule has 120 valence electrons. The highest BCUT2D eigenvalue weighted by molar-refractivity contribution is 9.12. The van der Waals surface area contributed by atoms with Crippen LogP contribution in [0.5, 0.6) is 0 Å². The van der Waals surface area contributed by atoms with Crippen LogP contribution in [-0.4, -0.2) is 20.2 Å². The highest BCUT2D eigenvalue weighted by atomic mass is 79.9. The van der Waals surface area contributed by atoms with E-state index in [0.717, 1.165) is 30.2 Å². The summed E-state index contributed by atoms with van der Waals surface area (Å²) in [6.45, 7) is 13.9. The first-order chi connectivity index (χ1) is 9.49. The van der Waals surface area contributed by atoms with Gasteiger partial charge >= 0.3 is 0 Å². The lowest BCUT2D eigenvalue weighted by Gasteiger charge is -2.50. The van der Waals surface area contributed by atoms with E-state index in [1.165, 1.54) is 5.57 Å². The Morgan fingerprint density at radius 2 is 1.90 bits per heavy atom. The van der Waals surface area contributed by atoms with Crippen LogP contribution in [0.4, 0.5) is 0 Å². The molecule has 2 nitrogen and oxygen atoms in total. The van der Waals surface area contributed by atoms with E-state index in [9.17, 15) is 4.79 Å². The standard InChI is InChI=1S/C17H29BrO2Si/c1-16(2,3)21(5,6)20-14-9-7-8-12-15(18)13(19)10-11-17(12,14)4/h14H,7-11H2,1-6H3/t14-,17-/m0/s1. The lowest BCUT2D eigenvalue weighted by Crippen LogP contribution is -2.51. The number of allylic oxidation sites excluding steroid dienone is 1. The monoisotopic (exact) mass is 372 g/mol. The first-order valence-electron chi connectivity index (χ1n) is 8.09. The fourth-order valence-electron chi connectivity index (χ4n) is 3.31. The van der Waals surface area contributed by atoms with Crippen molar-refractivity contribution in [2.24, 2.45) is 5.41 Å². The summed E-state index contributed by atoms with van der Waals surface area (Å²) in [5.74, 6) is 0.274. The van der Waals surface area contributed by atoms with Crippen molar-refractivity contribution < 1.29 is 9.22 Å². The van der Waals surface area contributed by atoms with E-state index in [-0.39, 0.29) is 22.3 Å². The molecule has 0 saturated heterocycles. The summed E-state index contributed by atoms with van der Waals surface area (Å²) in [5.41, 5.74) is 1.36. The Morgan fingerprint density at radius 3 is 2.48 bits per heavy atom. The van der Waals surface area contributed by atoms with Crippen molar-refractivity contribution in [3.05, 3.63) is 10.1 Å². The maximum absolute atomic E-state index is 12.0. The number of hydrogen-bond acceptors (Lipinski definition) is 2. The lowest BCUT2D eigenvalue weighted by atomic mass is 9.64. The molecule has 0 aromatic heterocycles. The Hall–Kier alpha value is 0.0669. The lowest BCUT2D eigenvalue weighted by molar-refractivity contribution is -0.116. The Morgan fingerprint density at radius 1 is 1.29 bits per heavy atom. The number of halogens is 1. The molecular formula is C17H29BrO2Si. The van der Waals surface area contributed by atoms with Crippen LogP contribution in [0.25, 0.3) is 0 Å². The number of carbonyl (C=O) groups excluding carboxylic acids is 1. The van der Waals surface area contributed by atoms with Gasteiger partial charge in [-0.25, -0.2) is 0 Å². The molecule has 2 rings (SSSR count). The molecule has 0 N–H and O–H groups in total. The Labute approximate surface area is 139 Å². The maximum atomic E-state index is 12.0. The highest BCUT2D eigenvalue weighted by Gasteiger charge is 2.49. The summed E-state index contributed by atoms with van der Waals surface area (Å²) < 4.78 is 7.62. The van der Waals surface area contributed by atoms with E-state index in [4.69, 9.17) is 4.43 Å².